The summed E-state index contributed by atoms with van der Waals surface area (Å²) in [6.07, 6.45) is 5.47. The molecule has 106 valence electrons. The third kappa shape index (κ3) is 3.23. The number of aromatic nitrogens is 1. The van der Waals surface area contributed by atoms with Crippen molar-refractivity contribution in [3.8, 4) is 0 Å². The molecule has 0 saturated heterocycles. The number of nitrogens with zero attached hydrogens (tertiary/aromatic N) is 1. The predicted octanol–water partition coefficient (Wildman–Crippen LogP) is 0.694. The quantitative estimate of drug-likeness (QED) is 0.713. The number of aliphatic hydroxyl groups excluding tert-OH is 1. The largest absolute Gasteiger partial charge is 0.396 e. The Morgan fingerprint density at radius 3 is 2.74 bits per heavy atom. The van der Waals surface area contributed by atoms with Gasteiger partial charge in [-0.05, 0) is 36.8 Å². The molecule has 1 saturated carbocycles. The number of aliphatic hydroxyl groups is 1. The standard InChI is InChI=1S/C12H19N3O3S/c13-19(17,18)10-3-1-7-14-11(10)15-9-12(6-8-16)4-2-5-12/h1,3,7,16H,2,4-6,8-9H2,(H,14,15)(H2,13,17,18). The van der Waals surface area contributed by atoms with E-state index in [9.17, 15) is 8.42 Å². The first-order chi connectivity index (χ1) is 8.97. The van der Waals surface area contributed by atoms with Crippen molar-refractivity contribution in [1.82, 2.24) is 4.98 Å². The molecule has 0 aromatic carbocycles. The third-order valence-electron chi connectivity index (χ3n) is 3.76. The first-order valence-electron chi connectivity index (χ1n) is 6.29. The average Bonchev–Trinajstić information content (AvgIpc) is 2.31. The van der Waals surface area contributed by atoms with E-state index in [1.165, 1.54) is 18.3 Å². The van der Waals surface area contributed by atoms with E-state index in [1.807, 2.05) is 0 Å². The molecule has 0 radical (unpaired) electrons. The van der Waals surface area contributed by atoms with Crippen LogP contribution in [-0.4, -0.2) is 31.7 Å². The van der Waals surface area contributed by atoms with Gasteiger partial charge in [-0.15, -0.1) is 0 Å². The summed E-state index contributed by atoms with van der Waals surface area (Å²) >= 11 is 0. The molecule has 1 aliphatic carbocycles. The van der Waals surface area contributed by atoms with E-state index in [4.69, 9.17) is 10.2 Å². The van der Waals surface area contributed by atoms with Crippen molar-refractivity contribution in [2.45, 2.75) is 30.6 Å². The Kier molecular flexibility index (Phi) is 4.07. The second-order valence-corrected chi connectivity index (χ2v) is 6.61. The lowest BCUT2D eigenvalue weighted by molar-refractivity contribution is 0.101. The maximum Gasteiger partial charge on any atom is 0.241 e. The fourth-order valence-corrected chi connectivity index (χ4v) is 3.12. The summed E-state index contributed by atoms with van der Waals surface area (Å²) in [6.45, 7) is 0.749. The van der Waals surface area contributed by atoms with Crippen LogP contribution in [-0.2, 0) is 10.0 Å². The van der Waals surface area contributed by atoms with Gasteiger partial charge in [0.25, 0.3) is 0 Å². The third-order valence-corrected chi connectivity index (χ3v) is 4.71. The molecule has 0 amide bonds. The number of hydrogen-bond donors (Lipinski definition) is 3. The van der Waals surface area contributed by atoms with Gasteiger partial charge in [0.1, 0.15) is 10.7 Å². The molecule has 7 heteroatoms. The van der Waals surface area contributed by atoms with Crippen LogP contribution in [0.25, 0.3) is 0 Å². The topological polar surface area (TPSA) is 105 Å². The van der Waals surface area contributed by atoms with Crippen LogP contribution in [0, 0.1) is 5.41 Å². The molecule has 0 unspecified atom stereocenters. The highest BCUT2D eigenvalue weighted by molar-refractivity contribution is 7.89. The molecule has 1 heterocycles. The van der Waals surface area contributed by atoms with Crippen molar-refractivity contribution in [3.05, 3.63) is 18.3 Å². The highest BCUT2D eigenvalue weighted by Crippen LogP contribution is 2.43. The zero-order valence-corrected chi connectivity index (χ0v) is 11.5. The smallest absolute Gasteiger partial charge is 0.241 e. The fourth-order valence-electron chi connectivity index (χ4n) is 2.45. The maximum atomic E-state index is 11.4. The van der Waals surface area contributed by atoms with Crippen molar-refractivity contribution in [1.29, 1.82) is 0 Å². The molecule has 4 N–H and O–H groups in total. The number of rotatable bonds is 6. The molecule has 0 aliphatic heterocycles. The zero-order chi connectivity index (χ0) is 13.9. The Labute approximate surface area is 113 Å². The Hall–Kier alpha value is -1.18. The normalized spacial score (nSPS) is 17.8. The van der Waals surface area contributed by atoms with Crippen molar-refractivity contribution >= 4 is 15.8 Å². The van der Waals surface area contributed by atoms with Gasteiger partial charge >= 0.3 is 0 Å². The number of primary sulfonamides is 1. The lowest BCUT2D eigenvalue weighted by atomic mass is 9.67. The second-order valence-electron chi connectivity index (χ2n) is 5.08. The maximum absolute atomic E-state index is 11.4. The van der Waals surface area contributed by atoms with Crippen LogP contribution in [0.2, 0.25) is 0 Å². The molecule has 0 atom stereocenters. The van der Waals surface area contributed by atoms with Crippen molar-refractivity contribution in [2.24, 2.45) is 10.6 Å². The summed E-state index contributed by atoms with van der Waals surface area (Å²) in [5.74, 6) is 0.286. The van der Waals surface area contributed by atoms with E-state index in [2.05, 4.69) is 10.3 Å². The van der Waals surface area contributed by atoms with Gasteiger partial charge in [0, 0.05) is 19.3 Å². The van der Waals surface area contributed by atoms with Crippen molar-refractivity contribution < 1.29 is 13.5 Å². The first kappa shape index (κ1) is 14.2. The number of sulfonamides is 1. The first-order valence-corrected chi connectivity index (χ1v) is 7.84. The van der Waals surface area contributed by atoms with E-state index >= 15 is 0 Å². The van der Waals surface area contributed by atoms with Crippen LogP contribution in [0.15, 0.2) is 23.2 Å². The van der Waals surface area contributed by atoms with Crippen LogP contribution in [0.1, 0.15) is 25.7 Å². The van der Waals surface area contributed by atoms with Gasteiger partial charge in [0.05, 0.1) is 0 Å². The van der Waals surface area contributed by atoms with Crippen LogP contribution in [0.5, 0.6) is 0 Å². The van der Waals surface area contributed by atoms with Crippen molar-refractivity contribution in [2.75, 3.05) is 18.5 Å². The summed E-state index contributed by atoms with van der Waals surface area (Å²) in [5.41, 5.74) is 0.0574. The molecule has 0 bridgehead atoms. The molecular weight excluding hydrogens is 266 g/mol. The SMILES string of the molecule is NS(=O)(=O)c1cccnc1NCC1(CCO)CCC1. The molecule has 1 aromatic rings. The summed E-state index contributed by atoms with van der Waals surface area (Å²) < 4.78 is 22.9. The monoisotopic (exact) mass is 285 g/mol. The zero-order valence-electron chi connectivity index (χ0n) is 10.7. The van der Waals surface area contributed by atoms with Gasteiger partial charge in [-0.3, -0.25) is 0 Å². The van der Waals surface area contributed by atoms with Gasteiger partial charge in [0.15, 0.2) is 0 Å². The highest BCUT2D eigenvalue weighted by atomic mass is 32.2. The minimum absolute atomic E-state index is 0.00784. The van der Waals surface area contributed by atoms with E-state index < -0.39 is 10.0 Å². The van der Waals surface area contributed by atoms with Crippen molar-refractivity contribution in [3.63, 3.8) is 0 Å². The highest BCUT2D eigenvalue weighted by Gasteiger charge is 2.36. The molecule has 1 aromatic heterocycles. The Morgan fingerprint density at radius 1 is 1.47 bits per heavy atom. The summed E-state index contributed by atoms with van der Waals surface area (Å²) in [6, 6.07) is 2.97. The molecule has 1 fully saturated rings. The van der Waals surface area contributed by atoms with Gasteiger partial charge in [-0.1, -0.05) is 6.42 Å². The Morgan fingerprint density at radius 2 is 2.21 bits per heavy atom. The van der Waals surface area contributed by atoms with Gasteiger partial charge in [-0.2, -0.15) is 0 Å². The van der Waals surface area contributed by atoms with E-state index in [0.717, 1.165) is 25.7 Å². The number of hydrogen-bond acceptors (Lipinski definition) is 5. The lowest BCUT2D eigenvalue weighted by Gasteiger charge is -2.42. The Bertz CT molecular complexity index is 541. The number of pyridine rings is 1. The van der Waals surface area contributed by atoms with Crippen LogP contribution >= 0.6 is 0 Å². The van der Waals surface area contributed by atoms with Gasteiger partial charge in [0.2, 0.25) is 10.0 Å². The number of nitrogens with two attached hydrogens (primary N) is 1. The van der Waals surface area contributed by atoms with Crippen LogP contribution in [0.3, 0.4) is 0 Å². The minimum atomic E-state index is -3.78. The second kappa shape index (κ2) is 5.44. The molecule has 0 spiro atoms. The van der Waals surface area contributed by atoms with Gasteiger partial charge < -0.3 is 10.4 Å². The summed E-state index contributed by atoms with van der Waals surface area (Å²) in [5, 5.41) is 17.3. The predicted molar refractivity (Wildman–Crippen MR) is 72.1 cm³/mol. The van der Waals surface area contributed by atoms with Crippen LogP contribution < -0.4 is 10.5 Å². The van der Waals surface area contributed by atoms with Gasteiger partial charge in [-0.25, -0.2) is 18.5 Å². The summed E-state index contributed by atoms with van der Waals surface area (Å²) in [7, 11) is -3.78. The average molecular weight is 285 g/mol. The van der Waals surface area contributed by atoms with E-state index in [-0.39, 0.29) is 22.7 Å². The molecule has 2 rings (SSSR count). The minimum Gasteiger partial charge on any atom is -0.396 e. The summed E-state index contributed by atoms with van der Waals surface area (Å²) in [4.78, 5) is 4.04. The van der Waals surface area contributed by atoms with E-state index in [1.54, 1.807) is 0 Å². The lowest BCUT2D eigenvalue weighted by Crippen LogP contribution is -2.37. The van der Waals surface area contributed by atoms with E-state index in [0.29, 0.717) is 6.54 Å². The van der Waals surface area contributed by atoms with Crippen LogP contribution in [0.4, 0.5) is 5.82 Å². The number of nitrogens with one attached hydrogen (secondary N) is 1. The Balaban J connectivity index is 2.12. The molecular formula is C12H19N3O3S. The molecule has 1 aliphatic rings. The molecule has 19 heavy (non-hydrogen) atoms. The molecule has 6 nitrogen and oxygen atoms in total. The fraction of sp³-hybridized carbons (Fsp3) is 0.583. The number of anilines is 1.